The third-order valence-corrected chi connectivity index (χ3v) is 8.02. The van der Waals surface area contributed by atoms with Gasteiger partial charge in [0.2, 0.25) is 15.9 Å². The molecular weight excluding hydrogens is 384 g/mol. The highest BCUT2D eigenvalue weighted by molar-refractivity contribution is 7.89. The van der Waals surface area contributed by atoms with Gasteiger partial charge in [-0.2, -0.15) is 0 Å². The van der Waals surface area contributed by atoms with Crippen molar-refractivity contribution in [1.29, 1.82) is 0 Å². The molecule has 2 bridgehead atoms. The normalized spacial score (nSPS) is 26.3. The Labute approximate surface area is 175 Å². The van der Waals surface area contributed by atoms with E-state index in [1.165, 1.54) is 6.42 Å². The Morgan fingerprint density at radius 3 is 2.52 bits per heavy atom. The maximum Gasteiger partial charge on any atom is 0.240 e. The number of nitrogens with zero attached hydrogens (tertiary/aromatic N) is 1. The number of fused-ring (bicyclic) bond motifs is 2. The Kier molecular flexibility index (Phi) is 7.17. The first kappa shape index (κ1) is 22.0. The van der Waals surface area contributed by atoms with Gasteiger partial charge >= 0.3 is 0 Å². The summed E-state index contributed by atoms with van der Waals surface area (Å²) < 4.78 is 28.8. The maximum absolute atomic E-state index is 12.9. The standard InChI is InChI=1S/C23H34N2O3S/c1-17-10-14-20(15-11-17)29(27,28)24-23-19-13-12-18(16-19)21(23)8-6-4-5-7-9-22(26)25(2)3/h4,6,10-11,14-15,18-19,21,23-24H,5,7-9,12-13,16H2,1-3H3/b6-4-. The number of benzene rings is 1. The molecule has 0 radical (unpaired) electrons. The van der Waals surface area contributed by atoms with E-state index in [1.807, 2.05) is 19.1 Å². The predicted octanol–water partition coefficient (Wildman–Crippen LogP) is 3.89. The number of allylic oxidation sites excluding steroid dienone is 2. The summed E-state index contributed by atoms with van der Waals surface area (Å²) in [7, 11) is 0.0767. The van der Waals surface area contributed by atoms with Gasteiger partial charge in [-0.25, -0.2) is 13.1 Å². The topological polar surface area (TPSA) is 66.5 Å². The van der Waals surface area contributed by atoms with Crippen molar-refractivity contribution in [3.05, 3.63) is 42.0 Å². The van der Waals surface area contributed by atoms with Gasteiger partial charge < -0.3 is 4.90 Å². The van der Waals surface area contributed by atoms with Crippen LogP contribution in [0.25, 0.3) is 0 Å². The average Bonchev–Trinajstić information content (AvgIpc) is 3.26. The van der Waals surface area contributed by atoms with Gasteiger partial charge in [0.25, 0.3) is 0 Å². The number of rotatable bonds is 9. The quantitative estimate of drug-likeness (QED) is 0.489. The van der Waals surface area contributed by atoms with Crippen molar-refractivity contribution in [3.63, 3.8) is 0 Å². The van der Waals surface area contributed by atoms with Crippen LogP contribution in [0.3, 0.4) is 0 Å². The van der Waals surface area contributed by atoms with Crippen molar-refractivity contribution in [2.24, 2.45) is 17.8 Å². The number of amides is 1. The number of nitrogens with one attached hydrogen (secondary N) is 1. The van der Waals surface area contributed by atoms with E-state index in [0.717, 1.165) is 37.7 Å². The molecule has 0 aliphatic heterocycles. The number of unbranched alkanes of at least 4 members (excludes halogenated alkanes) is 1. The summed E-state index contributed by atoms with van der Waals surface area (Å²) in [4.78, 5) is 13.6. The third kappa shape index (κ3) is 5.48. The zero-order valence-corrected chi connectivity index (χ0v) is 18.6. The summed E-state index contributed by atoms with van der Waals surface area (Å²) in [6.07, 6.45) is 11.0. The SMILES string of the molecule is Cc1ccc(S(=O)(=O)NC2C3CCC(C3)C2C/C=C\CCCC(=O)N(C)C)cc1. The number of sulfonamides is 1. The number of carbonyl (C=O) groups is 1. The molecule has 2 aliphatic carbocycles. The highest BCUT2D eigenvalue weighted by Gasteiger charge is 2.48. The molecular formula is C23H34N2O3S. The summed E-state index contributed by atoms with van der Waals surface area (Å²) in [6, 6.07) is 7.09. The molecule has 29 heavy (non-hydrogen) atoms. The fourth-order valence-corrected chi connectivity index (χ4v) is 6.22. The van der Waals surface area contributed by atoms with E-state index in [-0.39, 0.29) is 11.9 Å². The maximum atomic E-state index is 12.9. The lowest BCUT2D eigenvalue weighted by molar-refractivity contribution is -0.128. The molecule has 2 fully saturated rings. The van der Waals surface area contributed by atoms with Crippen LogP contribution in [0.4, 0.5) is 0 Å². The number of hydrogen-bond acceptors (Lipinski definition) is 3. The summed E-state index contributed by atoms with van der Waals surface area (Å²) in [5.41, 5.74) is 1.05. The van der Waals surface area contributed by atoms with E-state index in [4.69, 9.17) is 0 Å². The molecule has 0 heterocycles. The highest BCUT2D eigenvalue weighted by atomic mass is 32.2. The zero-order valence-electron chi connectivity index (χ0n) is 17.8. The van der Waals surface area contributed by atoms with Crippen molar-refractivity contribution < 1.29 is 13.2 Å². The van der Waals surface area contributed by atoms with Crippen LogP contribution in [0.1, 0.15) is 50.5 Å². The van der Waals surface area contributed by atoms with Gasteiger partial charge in [-0.15, -0.1) is 0 Å². The minimum Gasteiger partial charge on any atom is -0.349 e. The fourth-order valence-electron chi connectivity index (χ4n) is 4.86. The van der Waals surface area contributed by atoms with Crippen molar-refractivity contribution in [2.75, 3.05) is 14.1 Å². The first-order valence-electron chi connectivity index (χ1n) is 10.7. The third-order valence-electron chi connectivity index (χ3n) is 6.55. The summed E-state index contributed by atoms with van der Waals surface area (Å²) in [5, 5.41) is 0. The minimum absolute atomic E-state index is 0.0278. The van der Waals surface area contributed by atoms with Crippen LogP contribution in [0.5, 0.6) is 0 Å². The second kappa shape index (κ2) is 9.43. The van der Waals surface area contributed by atoms with Crippen LogP contribution in [0.2, 0.25) is 0 Å². The smallest absolute Gasteiger partial charge is 0.240 e. The summed E-state index contributed by atoms with van der Waals surface area (Å²) in [5.74, 6) is 1.60. The molecule has 1 aromatic rings. The molecule has 5 nitrogen and oxygen atoms in total. The van der Waals surface area contributed by atoms with Gasteiger partial charge in [-0.3, -0.25) is 4.79 Å². The van der Waals surface area contributed by atoms with Crippen molar-refractivity contribution in [3.8, 4) is 0 Å². The second-order valence-electron chi connectivity index (χ2n) is 8.84. The first-order valence-corrected chi connectivity index (χ1v) is 12.2. The van der Waals surface area contributed by atoms with Crippen LogP contribution in [-0.4, -0.2) is 39.4 Å². The van der Waals surface area contributed by atoms with E-state index in [9.17, 15) is 13.2 Å². The molecule has 1 amide bonds. The lowest BCUT2D eigenvalue weighted by atomic mass is 9.83. The molecule has 0 spiro atoms. The minimum atomic E-state index is -3.49. The molecule has 3 rings (SSSR count). The Morgan fingerprint density at radius 1 is 1.14 bits per heavy atom. The van der Waals surface area contributed by atoms with E-state index >= 15 is 0 Å². The van der Waals surface area contributed by atoms with Gasteiger partial charge in [0.05, 0.1) is 4.90 Å². The predicted molar refractivity (Wildman–Crippen MR) is 116 cm³/mol. The van der Waals surface area contributed by atoms with Crippen molar-refractivity contribution in [2.45, 2.75) is 62.8 Å². The van der Waals surface area contributed by atoms with E-state index in [0.29, 0.717) is 29.1 Å². The lowest BCUT2D eigenvalue weighted by Crippen LogP contribution is -2.43. The van der Waals surface area contributed by atoms with Crippen LogP contribution >= 0.6 is 0 Å². The van der Waals surface area contributed by atoms with Gasteiger partial charge in [-0.1, -0.05) is 29.8 Å². The molecule has 6 heteroatoms. The molecule has 4 unspecified atom stereocenters. The van der Waals surface area contributed by atoms with Crippen LogP contribution in [-0.2, 0) is 14.8 Å². The zero-order chi connectivity index (χ0) is 21.0. The largest absolute Gasteiger partial charge is 0.349 e. The van der Waals surface area contributed by atoms with Crippen LogP contribution < -0.4 is 4.72 Å². The number of hydrogen-bond donors (Lipinski definition) is 1. The lowest BCUT2D eigenvalue weighted by Gasteiger charge is -2.31. The number of aryl methyl sites for hydroxylation is 1. The molecule has 2 aliphatic rings. The Bertz CT molecular complexity index is 830. The molecule has 2 saturated carbocycles. The van der Waals surface area contributed by atoms with Gasteiger partial charge in [0, 0.05) is 26.6 Å². The van der Waals surface area contributed by atoms with Crippen LogP contribution in [0.15, 0.2) is 41.3 Å². The molecule has 160 valence electrons. The van der Waals surface area contributed by atoms with Crippen LogP contribution in [0, 0.1) is 24.7 Å². The van der Waals surface area contributed by atoms with Crippen molar-refractivity contribution >= 4 is 15.9 Å². The summed E-state index contributed by atoms with van der Waals surface area (Å²) in [6.45, 7) is 1.96. The highest BCUT2D eigenvalue weighted by Crippen LogP contribution is 2.50. The second-order valence-corrected chi connectivity index (χ2v) is 10.6. The van der Waals surface area contributed by atoms with E-state index in [1.54, 1.807) is 31.1 Å². The van der Waals surface area contributed by atoms with E-state index < -0.39 is 10.0 Å². The summed E-state index contributed by atoms with van der Waals surface area (Å²) >= 11 is 0. The average molecular weight is 419 g/mol. The Balaban J connectivity index is 1.56. The van der Waals surface area contributed by atoms with Crippen molar-refractivity contribution in [1.82, 2.24) is 9.62 Å². The fraction of sp³-hybridized carbons (Fsp3) is 0.609. The Morgan fingerprint density at radius 2 is 1.83 bits per heavy atom. The van der Waals surface area contributed by atoms with Gasteiger partial charge in [0.1, 0.15) is 0 Å². The van der Waals surface area contributed by atoms with Gasteiger partial charge in [0.15, 0.2) is 0 Å². The first-order chi connectivity index (χ1) is 13.8. The monoisotopic (exact) mass is 418 g/mol. The molecule has 4 atom stereocenters. The Hall–Kier alpha value is -1.66. The molecule has 0 aromatic heterocycles. The molecule has 0 saturated heterocycles. The molecule has 1 aromatic carbocycles. The van der Waals surface area contributed by atoms with E-state index in [2.05, 4.69) is 16.9 Å². The van der Waals surface area contributed by atoms with Gasteiger partial charge in [-0.05, 0) is 75.3 Å². The molecule has 1 N–H and O–H groups in total. The number of carbonyl (C=O) groups excluding carboxylic acids is 1.